The molecule has 88 valence electrons. The van der Waals surface area contributed by atoms with Crippen molar-refractivity contribution in [2.24, 2.45) is 0 Å². The minimum Gasteiger partial charge on any atom is -0.463 e. The van der Waals surface area contributed by atoms with Gasteiger partial charge in [-0.1, -0.05) is 6.92 Å². The topological polar surface area (TPSA) is 92.4 Å². The smallest absolute Gasteiger partial charge is 0.324 e. The van der Waals surface area contributed by atoms with Gasteiger partial charge in [0.1, 0.15) is 6.10 Å². The molecular formula is C9H14N4O3. The van der Waals surface area contributed by atoms with E-state index in [4.69, 9.17) is 19.9 Å². The molecule has 1 aliphatic rings. The van der Waals surface area contributed by atoms with Gasteiger partial charge >= 0.3 is 12.0 Å². The first-order chi connectivity index (χ1) is 7.78. The Morgan fingerprint density at radius 3 is 2.69 bits per heavy atom. The van der Waals surface area contributed by atoms with Crippen LogP contribution in [-0.2, 0) is 4.74 Å². The van der Waals surface area contributed by atoms with E-state index in [2.05, 4.69) is 15.0 Å². The minimum atomic E-state index is 0.000764. The van der Waals surface area contributed by atoms with Crippen LogP contribution in [-0.4, -0.2) is 40.9 Å². The van der Waals surface area contributed by atoms with E-state index in [1.807, 2.05) is 6.92 Å². The fraction of sp³-hybridized carbons (Fsp3) is 0.667. The fourth-order valence-corrected chi connectivity index (χ4v) is 1.09. The van der Waals surface area contributed by atoms with Gasteiger partial charge < -0.3 is 19.9 Å². The molecule has 1 saturated heterocycles. The van der Waals surface area contributed by atoms with E-state index in [-0.39, 0.29) is 24.1 Å². The Bertz CT molecular complexity index is 357. The summed E-state index contributed by atoms with van der Waals surface area (Å²) in [6, 6.07) is 0.386. The van der Waals surface area contributed by atoms with Gasteiger partial charge in [0, 0.05) is 0 Å². The van der Waals surface area contributed by atoms with Crippen molar-refractivity contribution in [3.05, 3.63) is 0 Å². The molecular weight excluding hydrogens is 212 g/mol. The Kier molecular flexibility index (Phi) is 3.35. The molecule has 1 aromatic rings. The number of aromatic nitrogens is 3. The average molecular weight is 226 g/mol. The summed E-state index contributed by atoms with van der Waals surface area (Å²) in [7, 11) is 0. The summed E-state index contributed by atoms with van der Waals surface area (Å²) in [4.78, 5) is 11.7. The van der Waals surface area contributed by atoms with Crippen LogP contribution < -0.4 is 15.2 Å². The summed E-state index contributed by atoms with van der Waals surface area (Å²) in [6.07, 6.45) is 0.874. The van der Waals surface area contributed by atoms with Gasteiger partial charge in [-0.05, 0) is 6.42 Å². The first-order valence-corrected chi connectivity index (χ1v) is 5.16. The lowest BCUT2D eigenvalue weighted by atomic mass is 10.3. The summed E-state index contributed by atoms with van der Waals surface area (Å²) >= 11 is 0. The summed E-state index contributed by atoms with van der Waals surface area (Å²) in [5.74, 6) is 0.0938. The van der Waals surface area contributed by atoms with Crippen molar-refractivity contribution in [3.63, 3.8) is 0 Å². The first-order valence-electron chi connectivity index (χ1n) is 5.16. The molecule has 1 aliphatic heterocycles. The molecule has 0 spiro atoms. The van der Waals surface area contributed by atoms with Gasteiger partial charge in [0.2, 0.25) is 5.95 Å². The maximum atomic E-state index is 5.51. The maximum Gasteiger partial charge on any atom is 0.324 e. The van der Waals surface area contributed by atoms with Gasteiger partial charge in [0.15, 0.2) is 0 Å². The summed E-state index contributed by atoms with van der Waals surface area (Å²) in [6.45, 7) is 3.64. The van der Waals surface area contributed by atoms with Gasteiger partial charge in [0.25, 0.3) is 0 Å². The predicted molar refractivity (Wildman–Crippen MR) is 55.3 cm³/mol. The van der Waals surface area contributed by atoms with Crippen LogP contribution in [0.1, 0.15) is 13.3 Å². The van der Waals surface area contributed by atoms with Crippen LogP contribution in [0.4, 0.5) is 5.95 Å². The number of hydrogen-bond donors (Lipinski definition) is 1. The molecule has 2 rings (SSSR count). The Morgan fingerprint density at radius 1 is 1.31 bits per heavy atom. The van der Waals surface area contributed by atoms with Crippen LogP contribution in [0.5, 0.6) is 12.0 Å². The number of rotatable bonds is 5. The van der Waals surface area contributed by atoms with E-state index in [0.717, 1.165) is 6.42 Å². The maximum absolute atomic E-state index is 5.51. The summed E-state index contributed by atoms with van der Waals surface area (Å²) in [5.41, 5.74) is 5.51. The van der Waals surface area contributed by atoms with Crippen LogP contribution >= 0.6 is 0 Å². The van der Waals surface area contributed by atoms with Gasteiger partial charge in [-0.15, -0.1) is 4.98 Å². The zero-order chi connectivity index (χ0) is 11.4. The first kappa shape index (κ1) is 10.9. The van der Waals surface area contributed by atoms with E-state index < -0.39 is 0 Å². The highest BCUT2D eigenvalue weighted by molar-refractivity contribution is 5.20. The van der Waals surface area contributed by atoms with Crippen molar-refractivity contribution >= 4 is 5.95 Å². The Balaban J connectivity index is 2.02. The van der Waals surface area contributed by atoms with Gasteiger partial charge in [-0.2, -0.15) is 9.97 Å². The number of ether oxygens (including phenoxy) is 3. The molecule has 2 N–H and O–H groups in total. The van der Waals surface area contributed by atoms with E-state index in [1.54, 1.807) is 0 Å². The molecule has 0 aliphatic carbocycles. The van der Waals surface area contributed by atoms with Crippen LogP contribution in [0.25, 0.3) is 0 Å². The third-order valence-corrected chi connectivity index (χ3v) is 1.93. The van der Waals surface area contributed by atoms with E-state index in [1.165, 1.54) is 0 Å². The quantitative estimate of drug-likeness (QED) is 0.756. The summed E-state index contributed by atoms with van der Waals surface area (Å²) < 4.78 is 15.6. The molecule has 0 radical (unpaired) electrons. The van der Waals surface area contributed by atoms with Crippen molar-refractivity contribution < 1.29 is 14.2 Å². The van der Waals surface area contributed by atoms with Crippen molar-refractivity contribution in [1.29, 1.82) is 0 Å². The van der Waals surface area contributed by atoms with E-state index >= 15 is 0 Å². The lowest BCUT2D eigenvalue weighted by Gasteiger charge is -2.25. The third kappa shape index (κ3) is 2.69. The normalized spacial score (nSPS) is 15.6. The number of nitrogens with zero attached hydrogens (tertiary/aromatic N) is 3. The van der Waals surface area contributed by atoms with E-state index in [9.17, 15) is 0 Å². The van der Waals surface area contributed by atoms with Crippen molar-refractivity contribution in [1.82, 2.24) is 15.0 Å². The van der Waals surface area contributed by atoms with Crippen LogP contribution in [0.15, 0.2) is 0 Å². The Labute approximate surface area is 93.0 Å². The second kappa shape index (κ2) is 4.93. The molecule has 0 bridgehead atoms. The predicted octanol–water partition coefficient (Wildman–Crippen LogP) is 0.0202. The van der Waals surface area contributed by atoms with Gasteiger partial charge in [0.05, 0.1) is 19.8 Å². The molecule has 0 amide bonds. The van der Waals surface area contributed by atoms with Crippen molar-refractivity contribution in [2.75, 3.05) is 25.6 Å². The van der Waals surface area contributed by atoms with Crippen molar-refractivity contribution in [2.45, 2.75) is 19.4 Å². The standard InChI is InChI=1S/C9H14N4O3/c1-2-3-15-8-11-7(10)12-9(13-8)16-6-4-14-5-6/h6H,2-5H2,1H3,(H2,10,11,12,13). The lowest BCUT2D eigenvalue weighted by molar-refractivity contribution is -0.0833. The van der Waals surface area contributed by atoms with Crippen LogP contribution in [0.2, 0.25) is 0 Å². The average Bonchev–Trinajstić information content (AvgIpc) is 2.20. The number of nitrogens with two attached hydrogens (primary N) is 1. The minimum absolute atomic E-state index is 0.000764. The highest BCUT2D eigenvalue weighted by Gasteiger charge is 2.22. The summed E-state index contributed by atoms with van der Waals surface area (Å²) in [5, 5.41) is 0. The van der Waals surface area contributed by atoms with Crippen LogP contribution in [0.3, 0.4) is 0 Å². The monoisotopic (exact) mass is 226 g/mol. The number of nitrogen functional groups attached to an aromatic ring is 1. The molecule has 0 saturated carbocycles. The highest BCUT2D eigenvalue weighted by atomic mass is 16.6. The Hall–Kier alpha value is -1.63. The fourth-order valence-electron chi connectivity index (χ4n) is 1.09. The number of hydrogen-bond acceptors (Lipinski definition) is 7. The molecule has 16 heavy (non-hydrogen) atoms. The molecule has 0 aromatic carbocycles. The zero-order valence-electron chi connectivity index (χ0n) is 9.05. The largest absolute Gasteiger partial charge is 0.463 e. The number of anilines is 1. The second-order valence-corrected chi connectivity index (χ2v) is 3.38. The van der Waals surface area contributed by atoms with Crippen LogP contribution in [0, 0.1) is 0 Å². The molecule has 1 fully saturated rings. The van der Waals surface area contributed by atoms with E-state index in [0.29, 0.717) is 19.8 Å². The molecule has 0 atom stereocenters. The zero-order valence-corrected chi connectivity index (χ0v) is 9.05. The molecule has 2 heterocycles. The second-order valence-electron chi connectivity index (χ2n) is 3.38. The molecule has 1 aromatic heterocycles. The van der Waals surface area contributed by atoms with Crippen molar-refractivity contribution in [3.8, 4) is 12.0 Å². The Morgan fingerprint density at radius 2 is 2.06 bits per heavy atom. The highest BCUT2D eigenvalue weighted by Crippen LogP contribution is 2.15. The molecule has 7 heteroatoms. The lowest BCUT2D eigenvalue weighted by Crippen LogP contribution is -2.39. The third-order valence-electron chi connectivity index (χ3n) is 1.93. The van der Waals surface area contributed by atoms with Gasteiger partial charge in [-0.25, -0.2) is 0 Å². The molecule has 7 nitrogen and oxygen atoms in total. The SMILES string of the molecule is CCCOc1nc(N)nc(OC2COC2)n1. The van der Waals surface area contributed by atoms with Gasteiger partial charge in [-0.3, -0.25) is 0 Å². The molecule has 0 unspecified atom stereocenters.